The summed E-state index contributed by atoms with van der Waals surface area (Å²) in [7, 11) is 2.16. The van der Waals surface area contributed by atoms with Crippen molar-refractivity contribution in [1.29, 1.82) is 0 Å². The van der Waals surface area contributed by atoms with Gasteiger partial charge in [-0.05, 0) is 39.1 Å². The fourth-order valence-corrected chi connectivity index (χ4v) is 2.13. The Hall–Kier alpha value is -1.22. The van der Waals surface area contributed by atoms with Crippen LogP contribution < -0.4 is 10.1 Å². The maximum absolute atomic E-state index is 5.48. The summed E-state index contributed by atoms with van der Waals surface area (Å²) in [5.41, 5.74) is 1.16. The second kappa shape index (κ2) is 5.21. The van der Waals surface area contributed by atoms with Crippen LogP contribution >= 0.6 is 0 Å². The molecule has 1 N–H and O–H groups in total. The Morgan fingerprint density at radius 1 is 1.50 bits per heavy atom. The summed E-state index contributed by atoms with van der Waals surface area (Å²) >= 11 is 0. The Balaban J connectivity index is 1.95. The minimum absolute atomic E-state index is 0.571. The standard InChI is InChI=1S/C13H20N2O/c1-3-16-13-6-4-5-11(9-13)14-12-7-8-15(2)10-12/h4-6,9,12,14H,3,7-8,10H2,1-2H3. The minimum Gasteiger partial charge on any atom is -0.494 e. The molecule has 88 valence electrons. The first-order chi connectivity index (χ1) is 7.78. The molecule has 3 heteroatoms. The summed E-state index contributed by atoms with van der Waals surface area (Å²) in [5, 5.41) is 3.55. The van der Waals surface area contributed by atoms with Gasteiger partial charge in [0.1, 0.15) is 5.75 Å². The van der Waals surface area contributed by atoms with Crippen LogP contribution in [0.15, 0.2) is 24.3 Å². The average Bonchev–Trinajstić information content (AvgIpc) is 2.65. The van der Waals surface area contributed by atoms with E-state index in [1.54, 1.807) is 0 Å². The molecular formula is C13H20N2O. The van der Waals surface area contributed by atoms with E-state index in [0.717, 1.165) is 24.6 Å². The Morgan fingerprint density at radius 3 is 3.06 bits per heavy atom. The van der Waals surface area contributed by atoms with Gasteiger partial charge in [0.15, 0.2) is 0 Å². The van der Waals surface area contributed by atoms with E-state index < -0.39 is 0 Å². The molecule has 0 bridgehead atoms. The van der Waals surface area contributed by atoms with Crippen LogP contribution in [0, 0.1) is 0 Å². The number of ether oxygens (including phenoxy) is 1. The van der Waals surface area contributed by atoms with Crippen molar-refractivity contribution in [2.75, 3.05) is 32.1 Å². The number of rotatable bonds is 4. The number of hydrogen-bond donors (Lipinski definition) is 1. The monoisotopic (exact) mass is 220 g/mol. The van der Waals surface area contributed by atoms with Crippen LogP contribution in [0.1, 0.15) is 13.3 Å². The zero-order valence-electron chi connectivity index (χ0n) is 10.1. The molecular weight excluding hydrogens is 200 g/mol. The molecule has 0 saturated carbocycles. The molecule has 1 aromatic rings. The first-order valence-electron chi connectivity index (χ1n) is 5.96. The van der Waals surface area contributed by atoms with Gasteiger partial charge >= 0.3 is 0 Å². The zero-order valence-corrected chi connectivity index (χ0v) is 10.1. The Kier molecular flexibility index (Phi) is 3.67. The molecule has 3 nitrogen and oxygen atoms in total. The summed E-state index contributed by atoms with van der Waals surface area (Å²) in [6.07, 6.45) is 1.22. The van der Waals surface area contributed by atoms with Crippen molar-refractivity contribution in [3.63, 3.8) is 0 Å². The van der Waals surface area contributed by atoms with Crippen molar-refractivity contribution < 1.29 is 4.74 Å². The predicted molar refractivity (Wildman–Crippen MR) is 67.1 cm³/mol. The molecule has 16 heavy (non-hydrogen) atoms. The first kappa shape index (κ1) is 11.3. The lowest BCUT2D eigenvalue weighted by atomic mass is 10.2. The molecule has 1 aromatic carbocycles. The maximum atomic E-state index is 5.48. The van der Waals surface area contributed by atoms with Gasteiger partial charge in [-0.25, -0.2) is 0 Å². The molecule has 0 radical (unpaired) electrons. The van der Waals surface area contributed by atoms with E-state index in [1.807, 2.05) is 19.1 Å². The lowest BCUT2D eigenvalue weighted by Gasteiger charge is -2.15. The number of anilines is 1. The molecule has 1 saturated heterocycles. The van der Waals surface area contributed by atoms with E-state index in [0.29, 0.717) is 6.04 Å². The van der Waals surface area contributed by atoms with E-state index >= 15 is 0 Å². The number of benzene rings is 1. The summed E-state index contributed by atoms with van der Waals surface area (Å²) in [6.45, 7) is 5.03. The highest BCUT2D eigenvalue weighted by molar-refractivity contribution is 5.49. The number of nitrogens with one attached hydrogen (secondary N) is 1. The van der Waals surface area contributed by atoms with Gasteiger partial charge in [0.05, 0.1) is 6.61 Å². The van der Waals surface area contributed by atoms with Crippen LogP contribution in [0.5, 0.6) is 5.75 Å². The highest BCUT2D eigenvalue weighted by Crippen LogP contribution is 2.20. The third-order valence-corrected chi connectivity index (χ3v) is 2.91. The van der Waals surface area contributed by atoms with Crippen LogP contribution in [-0.2, 0) is 0 Å². The van der Waals surface area contributed by atoms with Crippen molar-refractivity contribution in [2.24, 2.45) is 0 Å². The fourth-order valence-electron chi connectivity index (χ4n) is 2.13. The summed E-state index contributed by atoms with van der Waals surface area (Å²) in [6, 6.07) is 8.77. The van der Waals surface area contributed by atoms with Crippen LogP contribution in [0.3, 0.4) is 0 Å². The highest BCUT2D eigenvalue weighted by Gasteiger charge is 2.18. The van der Waals surface area contributed by atoms with Crippen molar-refractivity contribution >= 4 is 5.69 Å². The van der Waals surface area contributed by atoms with Crippen LogP contribution in [0.2, 0.25) is 0 Å². The molecule has 1 aliphatic heterocycles. The molecule has 0 aliphatic carbocycles. The summed E-state index contributed by atoms with van der Waals surface area (Å²) in [5.74, 6) is 0.943. The molecule has 1 fully saturated rings. The van der Waals surface area contributed by atoms with Crippen molar-refractivity contribution in [3.8, 4) is 5.75 Å². The topological polar surface area (TPSA) is 24.5 Å². The van der Waals surface area contributed by atoms with E-state index in [2.05, 4.69) is 29.4 Å². The number of likely N-dealkylation sites (tertiary alicyclic amines) is 1. The molecule has 0 amide bonds. The predicted octanol–water partition coefficient (Wildman–Crippen LogP) is 2.20. The van der Waals surface area contributed by atoms with Gasteiger partial charge in [0, 0.05) is 24.3 Å². The highest BCUT2D eigenvalue weighted by atomic mass is 16.5. The van der Waals surface area contributed by atoms with Crippen LogP contribution in [0.25, 0.3) is 0 Å². The second-order valence-electron chi connectivity index (χ2n) is 4.35. The van der Waals surface area contributed by atoms with E-state index in [9.17, 15) is 0 Å². The normalized spacial score (nSPS) is 21.0. The van der Waals surface area contributed by atoms with Gasteiger partial charge in [-0.1, -0.05) is 6.07 Å². The number of hydrogen-bond acceptors (Lipinski definition) is 3. The van der Waals surface area contributed by atoms with E-state index in [1.165, 1.54) is 13.0 Å². The molecule has 1 unspecified atom stereocenters. The van der Waals surface area contributed by atoms with Gasteiger partial charge in [-0.15, -0.1) is 0 Å². The molecule has 2 rings (SSSR count). The average molecular weight is 220 g/mol. The molecule has 1 atom stereocenters. The smallest absolute Gasteiger partial charge is 0.121 e. The third-order valence-electron chi connectivity index (χ3n) is 2.91. The second-order valence-corrected chi connectivity index (χ2v) is 4.35. The molecule has 0 spiro atoms. The van der Waals surface area contributed by atoms with E-state index in [-0.39, 0.29) is 0 Å². The molecule has 1 heterocycles. The zero-order chi connectivity index (χ0) is 11.4. The van der Waals surface area contributed by atoms with Gasteiger partial charge in [0.25, 0.3) is 0 Å². The van der Waals surface area contributed by atoms with E-state index in [4.69, 9.17) is 4.74 Å². The number of likely N-dealkylation sites (N-methyl/N-ethyl adjacent to an activating group) is 1. The fraction of sp³-hybridized carbons (Fsp3) is 0.538. The lowest BCUT2D eigenvalue weighted by molar-refractivity contribution is 0.340. The minimum atomic E-state index is 0.571. The molecule has 0 aromatic heterocycles. The van der Waals surface area contributed by atoms with Gasteiger partial charge < -0.3 is 15.0 Å². The quantitative estimate of drug-likeness (QED) is 0.842. The van der Waals surface area contributed by atoms with Gasteiger partial charge in [-0.2, -0.15) is 0 Å². The van der Waals surface area contributed by atoms with Crippen molar-refractivity contribution in [3.05, 3.63) is 24.3 Å². The number of nitrogens with zero attached hydrogens (tertiary/aromatic N) is 1. The SMILES string of the molecule is CCOc1cccc(NC2CCN(C)C2)c1. The maximum Gasteiger partial charge on any atom is 0.121 e. The Bertz CT molecular complexity index is 340. The first-order valence-corrected chi connectivity index (χ1v) is 5.96. The van der Waals surface area contributed by atoms with Crippen LogP contribution in [0.4, 0.5) is 5.69 Å². The van der Waals surface area contributed by atoms with Gasteiger partial charge in [-0.3, -0.25) is 0 Å². The third kappa shape index (κ3) is 2.89. The molecule has 1 aliphatic rings. The summed E-state index contributed by atoms with van der Waals surface area (Å²) < 4.78 is 5.48. The van der Waals surface area contributed by atoms with Crippen molar-refractivity contribution in [2.45, 2.75) is 19.4 Å². The van der Waals surface area contributed by atoms with Crippen molar-refractivity contribution in [1.82, 2.24) is 4.90 Å². The Morgan fingerprint density at radius 2 is 2.38 bits per heavy atom. The lowest BCUT2D eigenvalue weighted by Crippen LogP contribution is -2.23. The largest absolute Gasteiger partial charge is 0.494 e. The van der Waals surface area contributed by atoms with Crippen LogP contribution in [-0.4, -0.2) is 37.7 Å². The van der Waals surface area contributed by atoms with Gasteiger partial charge in [0.2, 0.25) is 0 Å². The Labute approximate surface area is 97.4 Å². The summed E-state index contributed by atoms with van der Waals surface area (Å²) in [4.78, 5) is 2.35.